The lowest BCUT2D eigenvalue weighted by atomic mass is 9.95. The smallest absolute Gasteiger partial charge is 0.164 e. The molecule has 0 saturated heterocycles. The SMILES string of the molecule is c1ccc2cc(-c3nc(-c4ccc5c(ccc6ccc7ccccc7c65)c4)nc(-c4cccc5oc6ccccc6c45)n3)ccc2c1. The third-order valence-corrected chi connectivity index (χ3v) is 9.27. The quantitative estimate of drug-likeness (QED) is 0.190. The molecule has 8 aromatic carbocycles. The predicted octanol–water partition coefficient (Wildman–Crippen LogP) is 11.4. The molecule has 218 valence electrons. The Morgan fingerprint density at radius 2 is 0.915 bits per heavy atom. The fraction of sp³-hybridized carbons (Fsp3) is 0. The lowest BCUT2D eigenvalue weighted by Crippen LogP contribution is -2.00. The van der Waals surface area contributed by atoms with E-state index in [2.05, 4.69) is 121 Å². The van der Waals surface area contributed by atoms with Gasteiger partial charge >= 0.3 is 0 Å². The molecule has 0 aliphatic rings. The van der Waals surface area contributed by atoms with Crippen molar-refractivity contribution in [3.05, 3.63) is 152 Å². The molecule has 10 rings (SSSR count). The second kappa shape index (κ2) is 10.1. The number of aromatic nitrogens is 3. The lowest BCUT2D eigenvalue weighted by Gasteiger charge is -2.12. The summed E-state index contributed by atoms with van der Waals surface area (Å²) in [6.45, 7) is 0. The highest BCUT2D eigenvalue weighted by atomic mass is 16.3. The molecule has 10 aromatic rings. The van der Waals surface area contributed by atoms with Gasteiger partial charge in [0.15, 0.2) is 17.5 Å². The van der Waals surface area contributed by atoms with Gasteiger partial charge in [0, 0.05) is 27.5 Å². The van der Waals surface area contributed by atoms with Gasteiger partial charge in [-0.15, -0.1) is 0 Å². The first-order chi connectivity index (χ1) is 23.3. The summed E-state index contributed by atoms with van der Waals surface area (Å²) in [5, 5.41) is 11.7. The van der Waals surface area contributed by atoms with Crippen LogP contribution in [0.5, 0.6) is 0 Å². The number of furan rings is 1. The highest BCUT2D eigenvalue weighted by Gasteiger charge is 2.18. The van der Waals surface area contributed by atoms with Crippen LogP contribution in [0.4, 0.5) is 0 Å². The van der Waals surface area contributed by atoms with Gasteiger partial charge in [0.1, 0.15) is 11.2 Å². The van der Waals surface area contributed by atoms with E-state index in [1.807, 2.05) is 30.3 Å². The number of hydrogen-bond acceptors (Lipinski definition) is 4. The molecule has 0 atom stereocenters. The van der Waals surface area contributed by atoms with Gasteiger partial charge in [-0.05, 0) is 67.4 Å². The summed E-state index contributed by atoms with van der Waals surface area (Å²) >= 11 is 0. The minimum Gasteiger partial charge on any atom is -0.456 e. The molecular formula is C43H25N3O. The Morgan fingerprint density at radius 1 is 0.340 bits per heavy atom. The molecule has 0 amide bonds. The average molecular weight is 600 g/mol. The number of fused-ring (bicyclic) bond motifs is 9. The van der Waals surface area contributed by atoms with Gasteiger partial charge < -0.3 is 4.42 Å². The first-order valence-electron chi connectivity index (χ1n) is 15.8. The highest BCUT2D eigenvalue weighted by molar-refractivity contribution is 6.20. The van der Waals surface area contributed by atoms with Gasteiger partial charge in [0.05, 0.1) is 0 Å². The molecule has 0 bridgehead atoms. The summed E-state index contributed by atoms with van der Waals surface area (Å²) in [5.41, 5.74) is 4.44. The van der Waals surface area contributed by atoms with Crippen LogP contribution in [0.3, 0.4) is 0 Å². The Hall–Kier alpha value is -6.39. The Kier molecular flexibility index (Phi) is 5.54. The Labute approximate surface area is 269 Å². The fourth-order valence-corrected chi connectivity index (χ4v) is 7.02. The zero-order valence-electron chi connectivity index (χ0n) is 25.2. The van der Waals surface area contributed by atoms with Crippen molar-refractivity contribution in [3.63, 3.8) is 0 Å². The fourth-order valence-electron chi connectivity index (χ4n) is 7.02. The van der Waals surface area contributed by atoms with Crippen LogP contribution in [0.2, 0.25) is 0 Å². The minimum atomic E-state index is 0.611. The molecule has 0 aliphatic heterocycles. The third kappa shape index (κ3) is 4.12. The zero-order valence-corrected chi connectivity index (χ0v) is 25.2. The molecule has 0 fully saturated rings. The van der Waals surface area contributed by atoms with E-state index < -0.39 is 0 Å². The number of para-hydroxylation sites is 1. The topological polar surface area (TPSA) is 51.8 Å². The number of rotatable bonds is 3. The number of hydrogen-bond donors (Lipinski definition) is 0. The van der Waals surface area contributed by atoms with Crippen molar-refractivity contribution in [1.29, 1.82) is 0 Å². The van der Waals surface area contributed by atoms with E-state index in [1.165, 1.54) is 32.3 Å². The molecule has 4 heteroatoms. The van der Waals surface area contributed by atoms with Crippen LogP contribution in [0.15, 0.2) is 156 Å². The largest absolute Gasteiger partial charge is 0.456 e. The van der Waals surface area contributed by atoms with E-state index in [1.54, 1.807) is 0 Å². The summed E-state index contributed by atoms with van der Waals surface area (Å²) in [6.07, 6.45) is 0. The molecule has 0 saturated carbocycles. The van der Waals surface area contributed by atoms with Gasteiger partial charge in [-0.1, -0.05) is 127 Å². The lowest BCUT2D eigenvalue weighted by molar-refractivity contribution is 0.669. The van der Waals surface area contributed by atoms with Crippen LogP contribution in [0.25, 0.3) is 99.2 Å². The summed E-state index contributed by atoms with van der Waals surface area (Å²) in [6, 6.07) is 52.9. The van der Waals surface area contributed by atoms with Gasteiger partial charge in [-0.3, -0.25) is 0 Å². The first-order valence-corrected chi connectivity index (χ1v) is 15.8. The molecule has 0 spiro atoms. The van der Waals surface area contributed by atoms with Crippen molar-refractivity contribution in [1.82, 2.24) is 15.0 Å². The Bertz CT molecular complexity index is 2870. The maximum atomic E-state index is 6.24. The molecule has 0 radical (unpaired) electrons. The summed E-state index contributed by atoms with van der Waals surface area (Å²) < 4.78 is 6.24. The van der Waals surface area contributed by atoms with E-state index in [9.17, 15) is 0 Å². The van der Waals surface area contributed by atoms with E-state index in [-0.39, 0.29) is 0 Å². The normalized spacial score (nSPS) is 11.8. The monoisotopic (exact) mass is 599 g/mol. The molecule has 4 nitrogen and oxygen atoms in total. The minimum absolute atomic E-state index is 0.611. The van der Waals surface area contributed by atoms with E-state index in [0.717, 1.165) is 49.4 Å². The first kappa shape index (κ1) is 25.9. The summed E-state index contributed by atoms with van der Waals surface area (Å²) in [5.74, 6) is 1.87. The highest BCUT2D eigenvalue weighted by Crippen LogP contribution is 2.38. The van der Waals surface area contributed by atoms with E-state index >= 15 is 0 Å². The molecule has 0 N–H and O–H groups in total. The maximum absolute atomic E-state index is 6.24. The second-order valence-corrected chi connectivity index (χ2v) is 12.0. The Balaban J connectivity index is 1.22. The predicted molar refractivity (Wildman–Crippen MR) is 193 cm³/mol. The van der Waals surface area contributed by atoms with Crippen LogP contribution >= 0.6 is 0 Å². The average Bonchev–Trinajstić information content (AvgIpc) is 3.53. The molecule has 2 heterocycles. The van der Waals surface area contributed by atoms with Crippen LogP contribution in [-0.2, 0) is 0 Å². The molecule has 0 unspecified atom stereocenters. The number of nitrogens with zero attached hydrogens (tertiary/aromatic N) is 3. The van der Waals surface area contributed by atoms with Crippen molar-refractivity contribution in [2.75, 3.05) is 0 Å². The van der Waals surface area contributed by atoms with Crippen LogP contribution in [0.1, 0.15) is 0 Å². The molecule has 0 aliphatic carbocycles. The standard InChI is InChI=1S/C43H25N3O/c1-2-10-29-24-31(21-16-26(29)8-1)41-44-42(46-43(45-41)36-13-7-15-38-40(36)35-12-5-6-14-37(35)47-38)32-22-23-34-30(25-32)20-19-28-18-17-27-9-3-4-11-33(27)39(28)34/h1-25H. The second-order valence-electron chi connectivity index (χ2n) is 12.0. The van der Waals surface area contributed by atoms with Gasteiger partial charge in [0.25, 0.3) is 0 Å². The van der Waals surface area contributed by atoms with Crippen molar-refractivity contribution in [2.45, 2.75) is 0 Å². The van der Waals surface area contributed by atoms with Crippen molar-refractivity contribution in [2.24, 2.45) is 0 Å². The van der Waals surface area contributed by atoms with Gasteiger partial charge in [-0.2, -0.15) is 0 Å². The third-order valence-electron chi connectivity index (χ3n) is 9.27. The van der Waals surface area contributed by atoms with Crippen LogP contribution in [0, 0.1) is 0 Å². The summed E-state index contributed by atoms with van der Waals surface area (Å²) in [4.78, 5) is 15.4. The molecule has 2 aromatic heterocycles. The van der Waals surface area contributed by atoms with Gasteiger partial charge in [-0.25, -0.2) is 15.0 Å². The van der Waals surface area contributed by atoms with Crippen molar-refractivity contribution in [3.8, 4) is 34.2 Å². The van der Waals surface area contributed by atoms with Crippen molar-refractivity contribution < 1.29 is 4.42 Å². The van der Waals surface area contributed by atoms with E-state index in [0.29, 0.717) is 17.5 Å². The van der Waals surface area contributed by atoms with Gasteiger partial charge in [0.2, 0.25) is 0 Å². The number of benzene rings is 8. The van der Waals surface area contributed by atoms with Crippen LogP contribution in [-0.4, -0.2) is 15.0 Å². The summed E-state index contributed by atoms with van der Waals surface area (Å²) in [7, 11) is 0. The molecule has 47 heavy (non-hydrogen) atoms. The van der Waals surface area contributed by atoms with E-state index in [4.69, 9.17) is 19.4 Å². The van der Waals surface area contributed by atoms with Crippen LogP contribution < -0.4 is 0 Å². The molecular weight excluding hydrogens is 574 g/mol. The van der Waals surface area contributed by atoms with Crippen molar-refractivity contribution >= 4 is 65.0 Å². The Morgan fingerprint density at radius 3 is 1.77 bits per heavy atom. The maximum Gasteiger partial charge on any atom is 0.164 e. The zero-order chi connectivity index (χ0) is 30.9.